The van der Waals surface area contributed by atoms with Gasteiger partial charge in [0.05, 0.1) is 16.3 Å². The summed E-state index contributed by atoms with van der Waals surface area (Å²) in [7, 11) is 0. The van der Waals surface area contributed by atoms with Gasteiger partial charge >= 0.3 is 0 Å². The van der Waals surface area contributed by atoms with Crippen molar-refractivity contribution < 1.29 is 0 Å². The second-order valence-corrected chi connectivity index (χ2v) is 5.56. The molecule has 1 aliphatic carbocycles. The van der Waals surface area contributed by atoms with Gasteiger partial charge in [0.2, 0.25) is 0 Å². The molecule has 0 saturated carbocycles. The molecule has 3 heteroatoms. The van der Waals surface area contributed by atoms with E-state index < -0.39 is 0 Å². The molecule has 16 heavy (non-hydrogen) atoms. The zero-order valence-electron chi connectivity index (χ0n) is 8.99. The molecule has 0 spiro atoms. The van der Waals surface area contributed by atoms with Gasteiger partial charge in [0, 0.05) is 6.20 Å². The van der Waals surface area contributed by atoms with Crippen molar-refractivity contribution in [1.29, 1.82) is 0 Å². The molecule has 0 amide bonds. The lowest BCUT2D eigenvalue weighted by atomic mass is 10.1. The molecular formula is C13H13IN2. The number of hydrogen-bond acceptors (Lipinski definition) is 1. The largest absolute Gasteiger partial charge is 0.267 e. The van der Waals surface area contributed by atoms with Crippen molar-refractivity contribution in [2.45, 2.75) is 25.8 Å². The highest BCUT2D eigenvalue weighted by atomic mass is 127. The van der Waals surface area contributed by atoms with Crippen LogP contribution in [0.5, 0.6) is 0 Å². The van der Waals surface area contributed by atoms with Gasteiger partial charge < -0.3 is 0 Å². The van der Waals surface area contributed by atoms with E-state index in [-0.39, 0.29) is 0 Å². The number of nitrogens with zero attached hydrogens (tertiary/aromatic N) is 2. The van der Waals surface area contributed by atoms with Gasteiger partial charge in [-0.15, -0.1) is 0 Å². The van der Waals surface area contributed by atoms with Gasteiger partial charge in [0.1, 0.15) is 0 Å². The van der Waals surface area contributed by atoms with Gasteiger partial charge in [-0.05, 0) is 58.5 Å². The summed E-state index contributed by atoms with van der Waals surface area (Å²) in [5.41, 5.74) is 4.44. The van der Waals surface area contributed by atoms with Crippen LogP contribution in [0.4, 0.5) is 0 Å². The van der Waals surface area contributed by atoms with Crippen LogP contribution in [0, 0.1) is 3.57 Å². The summed E-state index contributed by atoms with van der Waals surface area (Å²) in [6, 6.07) is 6.86. The van der Waals surface area contributed by atoms with E-state index in [2.05, 4.69) is 52.1 Å². The summed E-state index contributed by atoms with van der Waals surface area (Å²) < 4.78 is 3.19. The lowest BCUT2D eigenvalue weighted by Crippen LogP contribution is -2.00. The zero-order valence-corrected chi connectivity index (χ0v) is 11.1. The Morgan fingerprint density at radius 2 is 2.12 bits per heavy atom. The first-order valence-electron chi connectivity index (χ1n) is 5.60. The van der Waals surface area contributed by atoms with E-state index in [0.29, 0.717) is 0 Å². The molecule has 1 heterocycles. The van der Waals surface area contributed by atoms with Gasteiger partial charge in [-0.25, -0.2) is 0 Å². The van der Waals surface area contributed by atoms with Gasteiger partial charge in [-0.3, -0.25) is 4.68 Å². The Kier molecular flexibility index (Phi) is 2.71. The summed E-state index contributed by atoms with van der Waals surface area (Å²) in [4.78, 5) is 0. The number of fused-ring (bicyclic) bond motifs is 1. The predicted octanol–water partition coefficient (Wildman–Crippen LogP) is 3.02. The minimum atomic E-state index is 0.885. The van der Waals surface area contributed by atoms with E-state index in [4.69, 9.17) is 0 Å². The third kappa shape index (κ3) is 2.00. The molecule has 0 N–H and O–H groups in total. The van der Waals surface area contributed by atoms with Crippen molar-refractivity contribution in [3.8, 4) is 0 Å². The van der Waals surface area contributed by atoms with Crippen LogP contribution in [0.3, 0.4) is 0 Å². The summed E-state index contributed by atoms with van der Waals surface area (Å²) in [6.45, 7) is 0.885. The standard InChI is InChI=1S/C13H13IN2/c14-13-7-15-16(9-13)8-10-4-5-11-2-1-3-12(11)6-10/h4-7,9H,1-3,8H2. The highest BCUT2D eigenvalue weighted by Crippen LogP contribution is 2.23. The second kappa shape index (κ2) is 4.20. The Labute approximate surface area is 109 Å². The first-order chi connectivity index (χ1) is 7.81. The number of hydrogen-bond donors (Lipinski definition) is 0. The topological polar surface area (TPSA) is 17.8 Å². The summed E-state index contributed by atoms with van der Waals surface area (Å²) >= 11 is 2.29. The molecule has 0 aliphatic heterocycles. The molecular weight excluding hydrogens is 311 g/mol. The molecule has 0 saturated heterocycles. The molecule has 1 aromatic carbocycles. The van der Waals surface area contributed by atoms with Crippen molar-refractivity contribution in [2.75, 3.05) is 0 Å². The van der Waals surface area contributed by atoms with Crippen LogP contribution < -0.4 is 0 Å². The molecule has 2 nitrogen and oxygen atoms in total. The molecule has 0 bridgehead atoms. The van der Waals surface area contributed by atoms with Crippen molar-refractivity contribution in [2.24, 2.45) is 0 Å². The monoisotopic (exact) mass is 324 g/mol. The van der Waals surface area contributed by atoms with Crippen LogP contribution in [-0.2, 0) is 19.4 Å². The smallest absolute Gasteiger partial charge is 0.0659 e. The van der Waals surface area contributed by atoms with Crippen LogP contribution in [0.25, 0.3) is 0 Å². The fraction of sp³-hybridized carbons (Fsp3) is 0.308. The van der Waals surface area contributed by atoms with Crippen molar-refractivity contribution >= 4 is 22.6 Å². The number of aryl methyl sites for hydroxylation is 2. The lowest BCUT2D eigenvalue weighted by molar-refractivity contribution is 0.686. The van der Waals surface area contributed by atoms with Crippen LogP contribution in [0.2, 0.25) is 0 Å². The number of halogens is 1. The first kappa shape index (κ1) is 10.3. The van der Waals surface area contributed by atoms with Crippen LogP contribution >= 0.6 is 22.6 Å². The van der Waals surface area contributed by atoms with E-state index in [1.54, 1.807) is 11.1 Å². The Bertz CT molecular complexity index is 516. The van der Waals surface area contributed by atoms with Gasteiger partial charge in [-0.2, -0.15) is 5.10 Å². The van der Waals surface area contributed by atoms with E-state index >= 15 is 0 Å². The molecule has 1 aliphatic rings. The normalized spacial score (nSPS) is 14.1. The third-order valence-electron chi connectivity index (χ3n) is 3.11. The molecule has 0 fully saturated rings. The van der Waals surface area contributed by atoms with Gasteiger partial charge in [-0.1, -0.05) is 18.2 Å². The second-order valence-electron chi connectivity index (χ2n) is 4.31. The predicted molar refractivity (Wildman–Crippen MR) is 72.5 cm³/mol. The van der Waals surface area contributed by atoms with Crippen LogP contribution in [0.1, 0.15) is 23.1 Å². The highest BCUT2D eigenvalue weighted by molar-refractivity contribution is 14.1. The average molecular weight is 324 g/mol. The first-order valence-corrected chi connectivity index (χ1v) is 6.68. The quantitative estimate of drug-likeness (QED) is 0.777. The van der Waals surface area contributed by atoms with Crippen molar-refractivity contribution in [1.82, 2.24) is 9.78 Å². The molecule has 1 aromatic heterocycles. The Morgan fingerprint density at radius 1 is 1.25 bits per heavy atom. The van der Waals surface area contributed by atoms with Crippen LogP contribution in [0.15, 0.2) is 30.6 Å². The van der Waals surface area contributed by atoms with Crippen LogP contribution in [-0.4, -0.2) is 9.78 Å². The SMILES string of the molecule is Ic1cnn(Cc2ccc3c(c2)CCC3)c1. The van der Waals surface area contributed by atoms with Gasteiger partial charge in [0.25, 0.3) is 0 Å². The molecule has 2 aromatic rings. The summed E-state index contributed by atoms with van der Waals surface area (Å²) in [5.74, 6) is 0. The number of aromatic nitrogens is 2. The van der Waals surface area contributed by atoms with E-state index in [1.165, 1.54) is 28.4 Å². The zero-order chi connectivity index (χ0) is 11.0. The minimum Gasteiger partial charge on any atom is -0.267 e. The number of rotatable bonds is 2. The summed E-state index contributed by atoms with van der Waals surface area (Å²) in [6.07, 6.45) is 7.80. The molecule has 0 atom stereocenters. The fourth-order valence-electron chi connectivity index (χ4n) is 2.34. The fourth-order valence-corrected chi connectivity index (χ4v) is 2.78. The summed E-state index contributed by atoms with van der Waals surface area (Å²) in [5, 5.41) is 4.31. The number of benzene rings is 1. The maximum Gasteiger partial charge on any atom is 0.0659 e. The molecule has 0 unspecified atom stereocenters. The molecule has 3 rings (SSSR count). The Hall–Kier alpha value is -0.840. The third-order valence-corrected chi connectivity index (χ3v) is 3.67. The van der Waals surface area contributed by atoms with Crippen molar-refractivity contribution in [3.63, 3.8) is 0 Å². The van der Waals surface area contributed by atoms with E-state index in [1.807, 2.05) is 10.9 Å². The van der Waals surface area contributed by atoms with Crippen molar-refractivity contribution in [3.05, 3.63) is 50.9 Å². The maximum atomic E-state index is 4.31. The molecule has 0 radical (unpaired) electrons. The molecule has 82 valence electrons. The van der Waals surface area contributed by atoms with E-state index in [0.717, 1.165) is 6.54 Å². The maximum absolute atomic E-state index is 4.31. The Balaban J connectivity index is 1.85. The Morgan fingerprint density at radius 3 is 2.94 bits per heavy atom. The van der Waals surface area contributed by atoms with E-state index in [9.17, 15) is 0 Å². The highest BCUT2D eigenvalue weighted by Gasteiger charge is 2.10. The lowest BCUT2D eigenvalue weighted by Gasteiger charge is -2.05. The average Bonchev–Trinajstić information content (AvgIpc) is 2.87. The minimum absolute atomic E-state index is 0.885. The van der Waals surface area contributed by atoms with Gasteiger partial charge in [0.15, 0.2) is 0 Å².